The first-order valence-corrected chi connectivity index (χ1v) is 13.3. The molecular formula is C26H31N5O4S. The van der Waals surface area contributed by atoms with Crippen molar-refractivity contribution in [2.24, 2.45) is 0 Å². The van der Waals surface area contributed by atoms with E-state index >= 15 is 0 Å². The molecule has 0 unspecified atom stereocenters. The number of benzene rings is 1. The van der Waals surface area contributed by atoms with E-state index in [-0.39, 0.29) is 5.91 Å². The Morgan fingerprint density at radius 2 is 1.69 bits per heavy atom. The van der Waals surface area contributed by atoms with Crippen LogP contribution >= 0.6 is 11.8 Å². The van der Waals surface area contributed by atoms with Crippen LogP contribution in [0.25, 0.3) is 11.3 Å². The van der Waals surface area contributed by atoms with Crippen LogP contribution in [0.5, 0.6) is 0 Å². The quantitative estimate of drug-likeness (QED) is 0.345. The lowest BCUT2D eigenvalue weighted by Crippen LogP contribution is -2.41. The zero-order chi connectivity index (χ0) is 24.6. The van der Waals surface area contributed by atoms with Gasteiger partial charge in [-0.25, -0.2) is 9.97 Å². The van der Waals surface area contributed by atoms with E-state index in [4.69, 9.17) is 23.9 Å². The van der Waals surface area contributed by atoms with E-state index in [1.165, 1.54) is 11.8 Å². The maximum atomic E-state index is 12.5. The number of carbonyl (C=O) groups is 1. The molecular weight excluding hydrogens is 478 g/mol. The van der Waals surface area contributed by atoms with Crippen molar-refractivity contribution in [3.63, 3.8) is 0 Å². The summed E-state index contributed by atoms with van der Waals surface area (Å²) in [5.74, 6) is 2.26. The maximum Gasteiger partial charge on any atom is 0.287 e. The number of amides is 1. The molecule has 0 saturated carbocycles. The molecule has 1 N–H and O–H groups in total. The van der Waals surface area contributed by atoms with Gasteiger partial charge in [0.05, 0.1) is 37.9 Å². The molecule has 2 aliphatic rings. The monoisotopic (exact) mass is 509 g/mol. The molecule has 0 radical (unpaired) electrons. The third-order valence-corrected chi connectivity index (χ3v) is 7.01. The molecule has 9 nitrogen and oxygen atoms in total. The Balaban J connectivity index is 1.21. The van der Waals surface area contributed by atoms with Crippen LogP contribution in [0.1, 0.15) is 16.3 Å². The number of anilines is 1. The topological polar surface area (TPSA) is 93.0 Å². The summed E-state index contributed by atoms with van der Waals surface area (Å²) in [4.78, 5) is 26.6. The van der Waals surface area contributed by atoms with Crippen molar-refractivity contribution in [3.8, 4) is 11.3 Å². The highest BCUT2D eigenvalue weighted by atomic mass is 32.2. The van der Waals surface area contributed by atoms with Crippen LogP contribution in [-0.4, -0.2) is 86.5 Å². The number of hydrogen-bond donors (Lipinski definition) is 1. The summed E-state index contributed by atoms with van der Waals surface area (Å²) < 4.78 is 16.7. The minimum Gasteiger partial charge on any atom is -0.455 e. The second-order valence-electron chi connectivity index (χ2n) is 8.62. The minimum atomic E-state index is -0.198. The van der Waals surface area contributed by atoms with Crippen molar-refractivity contribution in [1.82, 2.24) is 20.2 Å². The first-order valence-electron chi connectivity index (χ1n) is 12.3. The molecule has 2 aliphatic heterocycles. The molecule has 0 bridgehead atoms. The molecule has 0 spiro atoms. The van der Waals surface area contributed by atoms with Crippen molar-refractivity contribution < 1.29 is 18.7 Å². The molecule has 3 aromatic rings. The Morgan fingerprint density at radius 1 is 0.944 bits per heavy atom. The predicted octanol–water partition coefficient (Wildman–Crippen LogP) is 2.93. The van der Waals surface area contributed by atoms with Gasteiger partial charge < -0.3 is 24.1 Å². The van der Waals surface area contributed by atoms with Crippen molar-refractivity contribution in [1.29, 1.82) is 0 Å². The Kier molecular flexibility index (Phi) is 8.50. The molecule has 10 heteroatoms. The fraction of sp³-hybridized carbons (Fsp3) is 0.423. The van der Waals surface area contributed by atoms with Crippen molar-refractivity contribution in [2.75, 3.05) is 70.6 Å². The lowest BCUT2D eigenvalue weighted by Gasteiger charge is -2.28. The number of aromatic nitrogens is 2. The van der Waals surface area contributed by atoms with Gasteiger partial charge in [-0.15, -0.1) is 0 Å². The summed E-state index contributed by atoms with van der Waals surface area (Å²) in [6.45, 7) is 7.67. The summed E-state index contributed by atoms with van der Waals surface area (Å²) in [6, 6.07) is 15.7. The number of nitrogens with one attached hydrogen (secondary N) is 1. The summed E-state index contributed by atoms with van der Waals surface area (Å²) in [5.41, 5.74) is 1.93. The zero-order valence-corrected chi connectivity index (χ0v) is 21.0. The van der Waals surface area contributed by atoms with Crippen LogP contribution < -0.4 is 10.2 Å². The van der Waals surface area contributed by atoms with Crippen LogP contribution in [0.2, 0.25) is 0 Å². The van der Waals surface area contributed by atoms with Gasteiger partial charge in [-0.05, 0) is 12.1 Å². The van der Waals surface area contributed by atoms with Gasteiger partial charge in [0.2, 0.25) is 0 Å². The maximum absolute atomic E-state index is 12.5. The first-order chi connectivity index (χ1) is 17.7. The summed E-state index contributed by atoms with van der Waals surface area (Å²) in [5, 5.41) is 3.61. The fourth-order valence-corrected chi connectivity index (χ4v) is 4.89. The molecule has 0 atom stereocenters. The minimum absolute atomic E-state index is 0.198. The molecule has 2 fully saturated rings. The number of ether oxygens (including phenoxy) is 2. The van der Waals surface area contributed by atoms with Crippen LogP contribution in [0.4, 0.5) is 5.82 Å². The van der Waals surface area contributed by atoms with Crippen molar-refractivity contribution in [2.45, 2.75) is 10.9 Å². The highest BCUT2D eigenvalue weighted by Gasteiger charge is 2.17. The Bertz CT molecular complexity index is 1130. The van der Waals surface area contributed by atoms with Gasteiger partial charge in [0, 0.05) is 50.9 Å². The lowest BCUT2D eigenvalue weighted by molar-refractivity contribution is 0.0382. The highest BCUT2D eigenvalue weighted by molar-refractivity contribution is 7.98. The fourth-order valence-electron chi connectivity index (χ4n) is 4.14. The number of furan rings is 1. The molecule has 2 saturated heterocycles. The SMILES string of the molecule is O=C(NCCN1CCOCC1)c1ccc(CSc2nc(-c3ccccc3)cc(N3CCOCC3)n2)o1. The van der Waals surface area contributed by atoms with Crippen LogP contribution in [0, 0.1) is 0 Å². The van der Waals surface area contributed by atoms with Crippen LogP contribution in [0.3, 0.4) is 0 Å². The third kappa shape index (κ3) is 6.64. The number of hydrogen-bond acceptors (Lipinski definition) is 9. The van der Waals surface area contributed by atoms with E-state index in [2.05, 4.69) is 27.2 Å². The molecule has 1 aromatic carbocycles. The number of morpholine rings is 2. The zero-order valence-electron chi connectivity index (χ0n) is 20.2. The van der Waals surface area contributed by atoms with E-state index in [9.17, 15) is 4.79 Å². The smallest absolute Gasteiger partial charge is 0.287 e. The van der Waals surface area contributed by atoms with Gasteiger partial charge in [-0.1, -0.05) is 42.1 Å². The first kappa shape index (κ1) is 24.8. The van der Waals surface area contributed by atoms with Crippen LogP contribution in [0.15, 0.2) is 58.1 Å². The summed E-state index contributed by atoms with van der Waals surface area (Å²) in [7, 11) is 0. The standard InChI is InChI=1S/C26H31N5O4S/c32-25(27-8-9-30-10-14-33-15-11-30)23-7-6-21(35-23)19-36-26-28-22(20-4-2-1-3-5-20)18-24(29-26)31-12-16-34-17-13-31/h1-7,18H,8-17,19H2,(H,27,32). The highest BCUT2D eigenvalue weighted by Crippen LogP contribution is 2.28. The molecule has 36 heavy (non-hydrogen) atoms. The number of thioether (sulfide) groups is 1. The molecule has 4 heterocycles. The number of nitrogens with zero attached hydrogens (tertiary/aromatic N) is 4. The van der Waals surface area contributed by atoms with Gasteiger partial charge in [-0.3, -0.25) is 9.69 Å². The van der Waals surface area contributed by atoms with E-state index in [0.717, 1.165) is 63.0 Å². The van der Waals surface area contributed by atoms with Gasteiger partial charge in [-0.2, -0.15) is 0 Å². The van der Waals surface area contributed by atoms with E-state index in [0.29, 0.717) is 42.2 Å². The van der Waals surface area contributed by atoms with E-state index in [1.807, 2.05) is 30.3 Å². The summed E-state index contributed by atoms with van der Waals surface area (Å²) in [6.07, 6.45) is 0. The van der Waals surface area contributed by atoms with Crippen LogP contribution in [-0.2, 0) is 15.2 Å². The number of carbonyl (C=O) groups excluding carboxylic acids is 1. The molecule has 0 aliphatic carbocycles. The molecule has 190 valence electrons. The predicted molar refractivity (Wildman–Crippen MR) is 138 cm³/mol. The average molecular weight is 510 g/mol. The molecule has 5 rings (SSSR count). The Labute approximate surface area is 215 Å². The summed E-state index contributed by atoms with van der Waals surface area (Å²) >= 11 is 1.50. The van der Waals surface area contributed by atoms with Gasteiger partial charge in [0.15, 0.2) is 10.9 Å². The van der Waals surface area contributed by atoms with Gasteiger partial charge >= 0.3 is 0 Å². The Morgan fingerprint density at radius 3 is 2.47 bits per heavy atom. The van der Waals surface area contributed by atoms with Gasteiger partial charge in [0.1, 0.15) is 11.6 Å². The van der Waals surface area contributed by atoms with E-state index < -0.39 is 0 Å². The Hall–Kier alpha value is -2.92. The third-order valence-electron chi connectivity index (χ3n) is 6.14. The molecule has 2 aromatic heterocycles. The second kappa shape index (κ2) is 12.4. The van der Waals surface area contributed by atoms with Crippen molar-refractivity contribution >= 4 is 23.5 Å². The number of rotatable bonds is 9. The molecule has 1 amide bonds. The van der Waals surface area contributed by atoms with E-state index in [1.54, 1.807) is 6.07 Å². The van der Waals surface area contributed by atoms with Gasteiger partial charge in [0.25, 0.3) is 5.91 Å². The largest absolute Gasteiger partial charge is 0.455 e. The second-order valence-corrected chi connectivity index (χ2v) is 9.57. The normalized spacial score (nSPS) is 16.7. The van der Waals surface area contributed by atoms with Crippen molar-refractivity contribution in [3.05, 3.63) is 60.1 Å². The average Bonchev–Trinajstić information content (AvgIpc) is 3.43. The lowest BCUT2D eigenvalue weighted by atomic mass is 10.1.